The monoisotopic (exact) mass is 261 g/mol. The van der Waals surface area contributed by atoms with Crippen LogP contribution in [0.25, 0.3) is 0 Å². The van der Waals surface area contributed by atoms with Gasteiger partial charge in [-0.15, -0.1) is 0 Å². The average Bonchev–Trinajstić information content (AvgIpc) is 3.20. The highest BCUT2D eigenvalue weighted by molar-refractivity contribution is 5.93. The summed E-state index contributed by atoms with van der Waals surface area (Å²) in [5.74, 6) is -1.02. The van der Waals surface area contributed by atoms with Crippen LogP contribution < -0.4 is 0 Å². The molecule has 2 rings (SSSR count). The fraction of sp³-hybridized carbons (Fsp3) is 0.467. The first kappa shape index (κ1) is 13.6. The predicted octanol–water partition coefficient (Wildman–Crippen LogP) is 2.04. The third kappa shape index (κ3) is 2.35. The van der Waals surface area contributed by atoms with Gasteiger partial charge in [-0.25, -0.2) is 4.79 Å². The molecule has 0 saturated heterocycles. The Balaban J connectivity index is 2.22. The van der Waals surface area contributed by atoms with Gasteiger partial charge >= 0.3 is 5.97 Å². The summed E-state index contributed by atoms with van der Waals surface area (Å²) in [5, 5.41) is 9.16. The molecule has 4 nitrogen and oxygen atoms in total. The zero-order valence-electron chi connectivity index (χ0n) is 11.3. The summed E-state index contributed by atoms with van der Waals surface area (Å²) in [6.07, 6.45) is 2.02. The van der Waals surface area contributed by atoms with Crippen LogP contribution in [0.2, 0.25) is 0 Å². The summed E-state index contributed by atoms with van der Waals surface area (Å²) in [5.41, 5.74) is 0.505. The molecule has 0 aliphatic heterocycles. The maximum Gasteiger partial charge on any atom is 0.326 e. The SMILES string of the molecule is CCC(C(=O)O)N(C)C(=O)C1(c2ccccc2)CC1. The van der Waals surface area contributed by atoms with Crippen molar-refractivity contribution in [2.75, 3.05) is 7.05 Å². The van der Waals surface area contributed by atoms with Gasteiger partial charge in [0.05, 0.1) is 5.41 Å². The number of hydrogen-bond acceptors (Lipinski definition) is 2. The summed E-state index contributed by atoms with van der Waals surface area (Å²) in [6.45, 7) is 1.78. The molecular formula is C15H19NO3. The molecule has 1 unspecified atom stereocenters. The fourth-order valence-electron chi connectivity index (χ4n) is 2.60. The van der Waals surface area contributed by atoms with Gasteiger partial charge in [0.15, 0.2) is 0 Å². The molecule has 102 valence electrons. The second-order valence-electron chi connectivity index (χ2n) is 5.13. The van der Waals surface area contributed by atoms with Crippen molar-refractivity contribution < 1.29 is 14.7 Å². The van der Waals surface area contributed by atoms with Crippen LogP contribution in [-0.4, -0.2) is 35.0 Å². The molecule has 1 atom stereocenters. The van der Waals surface area contributed by atoms with E-state index in [0.717, 1.165) is 18.4 Å². The Morgan fingerprint density at radius 2 is 1.89 bits per heavy atom. The van der Waals surface area contributed by atoms with E-state index in [9.17, 15) is 9.59 Å². The molecule has 1 N–H and O–H groups in total. The van der Waals surface area contributed by atoms with E-state index in [0.29, 0.717) is 6.42 Å². The summed E-state index contributed by atoms with van der Waals surface area (Å²) >= 11 is 0. The lowest BCUT2D eigenvalue weighted by Gasteiger charge is -2.28. The highest BCUT2D eigenvalue weighted by Gasteiger charge is 2.53. The van der Waals surface area contributed by atoms with E-state index in [1.165, 1.54) is 4.90 Å². The molecule has 19 heavy (non-hydrogen) atoms. The summed E-state index contributed by atoms with van der Waals surface area (Å²) in [7, 11) is 1.59. The van der Waals surface area contributed by atoms with E-state index in [1.54, 1.807) is 14.0 Å². The standard InChI is InChI=1S/C15H19NO3/c1-3-12(13(17)18)16(2)14(19)15(9-10-15)11-7-5-4-6-8-11/h4-8,12H,3,9-10H2,1-2H3,(H,17,18). The molecule has 0 spiro atoms. The van der Waals surface area contributed by atoms with Crippen LogP contribution >= 0.6 is 0 Å². The molecule has 1 amide bonds. The maximum absolute atomic E-state index is 12.6. The number of nitrogens with zero attached hydrogens (tertiary/aromatic N) is 1. The number of rotatable bonds is 5. The van der Waals surface area contributed by atoms with Crippen LogP contribution in [0.1, 0.15) is 31.7 Å². The average molecular weight is 261 g/mol. The number of carboxylic acid groups (broad SMARTS) is 1. The van der Waals surface area contributed by atoms with Crippen LogP contribution in [0.15, 0.2) is 30.3 Å². The van der Waals surface area contributed by atoms with Crippen molar-refractivity contribution in [3.8, 4) is 0 Å². The molecule has 1 aliphatic rings. The van der Waals surface area contributed by atoms with Gasteiger partial charge in [-0.3, -0.25) is 4.79 Å². The fourth-order valence-corrected chi connectivity index (χ4v) is 2.60. The number of hydrogen-bond donors (Lipinski definition) is 1. The van der Waals surface area contributed by atoms with Crippen LogP contribution in [0.5, 0.6) is 0 Å². The number of likely N-dealkylation sites (N-methyl/N-ethyl adjacent to an activating group) is 1. The maximum atomic E-state index is 12.6. The number of aliphatic carboxylic acids is 1. The molecule has 0 bridgehead atoms. The summed E-state index contributed by atoms with van der Waals surface area (Å²) < 4.78 is 0. The van der Waals surface area contributed by atoms with Crippen LogP contribution in [-0.2, 0) is 15.0 Å². The van der Waals surface area contributed by atoms with Gasteiger partial charge in [-0.05, 0) is 24.8 Å². The summed E-state index contributed by atoms with van der Waals surface area (Å²) in [6, 6.07) is 8.89. The Morgan fingerprint density at radius 3 is 2.32 bits per heavy atom. The molecule has 1 aromatic rings. The first-order valence-electron chi connectivity index (χ1n) is 6.58. The van der Waals surface area contributed by atoms with Gasteiger partial charge in [-0.2, -0.15) is 0 Å². The van der Waals surface area contributed by atoms with E-state index in [1.807, 2.05) is 30.3 Å². The molecule has 0 aromatic heterocycles. The number of carbonyl (C=O) groups is 2. The molecule has 1 aromatic carbocycles. The van der Waals surface area contributed by atoms with E-state index in [2.05, 4.69) is 0 Å². The quantitative estimate of drug-likeness (QED) is 0.882. The lowest BCUT2D eigenvalue weighted by molar-refractivity contribution is -0.150. The minimum Gasteiger partial charge on any atom is -0.480 e. The highest BCUT2D eigenvalue weighted by Crippen LogP contribution is 2.49. The van der Waals surface area contributed by atoms with Crippen LogP contribution in [0.4, 0.5) is 0 Å². The van der Waals surface area contributed by atoms with Crippen molar-refractivity contribution in [1.82, 2.24) is 4.90 Å². The van der Waals surface area contributed by atoms with E-state index in [-0.39, 0.29) is 5.91 Å². The predicted molar refractivity (Wildman–Crippen MR) is 71.8 cm³/mol. The Hall–Kier alpha value is -1.84. The first-order chi connectivity index (χ1) is 9.03. The van der Waals surface area contributed by atoms with E-state index in [4.69, 9.17) is 5.11 Å². The van der Waals surface area contributed by atoms with Crippen LogP contribution in [0, 0.1) is 0 Å². The van der Waals surface area contributed by atoms with Crippen molar-refractivity contribution in [2.45, 2.75) is 37.6 Å². The van der Waals surface area contributed by atoms with Crippen molar-refractivity contribution in [2.24, 2.45) is 0 Å². The minimum atomic E-state index is -0.942. The van der Waals surface area contributed by atoms with E-state index < -0.39 is 17.4 Å². The van der Waals surface area contributed by atoms with E-state index >= 15 is 0 Å². The molecule has 0 heterocycles. The number of benzene rings is 1. The lowest BCUT2D eigenvalue weighted by Crippen LogP contribution is -2.46. The highest BCUT2D eigenvalue weighted by atomic mass is 16.4. The zero-order chi connectivity index (χ0) is 14.0. The molecule has 4 heteroatoms. The minimum absolute atomic E-state index is 0.0760. The van der Waals surface area contributed by atoms with Gasteiger partial charge in [0, 0.05) is 7.05 Å². The normalized spacial score (nSPS) is 17.6. The topological polar surface area (TPSA) is 57.6 Å². The third-order valence-corrected chi connectivity index (χ3v) is 3.95. The van der Waals surface area contributed by atoms with Gasteiger partial charge < -0.3 is 10.0 Å². The number of carbonyl (C=O) groups excluding carboxylic acids is 1. The van der Waals surface area contributed by atoms with Gasteiger partial charge in [-0.1, -0.05) is 37.3 Å². The first-order valence-corrected chi connectivity index (χ1v) is 6.58. The smallest absolute Gasteiger partial charge is 0.326 e. The third-order valence-electron chi connectivity index (χ3n) is 3.95. The Bertz CT molecular complexity index is 479. The van der Waals surface area contributed by atoms with Crippen molar-refractivity contribution >= 4 is 11.9 Å². The molecule has 1 saturated carbocycles. The van der Waals surface area contributed by atoms with Crippen molar-refractivity contribution in [3.05, 3.63) is 35.9 Å². The van der Waals surface area contributed by atoms with Crippen LogP contribution in [0.3, 0.4) is 0 Å². The molecule has 0 radical (unpaired) electrons. The molecule has 1 aliphatic carbocycles. The molecular weight excluding hydrogens is 242 g/mol. The number of carboxylic acids is 1. The van der Waals surface area contributed by atoms with Crippen molar-refractivity contribution in [1.29, 1.82) is 0 Å². The Kier molecular flexibility index (Phi) is 3.60. The zero-order valence-corrected chi connectivity index (χ0v) is 11.3. The van der Waals surface area contributed by atoms with Gasteiger partial charge in [0.25, 0.3) is 0 Å². The second-order valence-corrected chi connectivity index (χ2v) is 5.13. The summed E-state index contributed by atoms with van der Waals surface area (Å²) in [4.78, 5) is 25.2. The van der Waals surface area contributed by atoms with Crippen molar-refractivity contribution in [3.63, 3.8) is 0 Å². The molecule has 1 fully saturated rings. The lowest BCUT2D eigenvalue weighted by atomic mass is 9.93. The Morgan fingerprint density at radius 1 is 1.32 bits per heavy atom. The Labute approximate surface area is 113 Å². The van der Waals surface area contributed by atoms with Gasteiger partial charge in [0.1, 0.15) is 6.04 Å². The largest absolute Gasteiger partial charge is 0.480 e. The second kappa shape index (κ2) is 5.03. The number of amides is 1. The van der Waals surface area contributed by atoms with Gasteiger partial charge in [0.2, 0.25) is 5.91 Å².